The van der Waals surface area contributed by atoms with Crippen molar-refractivity contribution in [2.75, 3.05) is 13.4 Å². The van der Waals surface area contributed by atoms with Crippen molar-refractivity contribution in [3.05, 3.63) is 23.8 Å². The molecule has 0 aromatic heterocycles. The van der Waals surface area contributed by atoms with E-state index in [1.165, 1.54) is 38.5 Å². The Morgan fingerprint density at radius 2 is 1.68 bits per heavy atom. The summed E-state index contributed by atoms with van der Waals surface area (Å²) in [5.74, 6) is 3.19. The van der Waals surface area contributed by atoms with Gasteiger partial charge in [0.1, 0.15) is 0 Å². The van der Waals surface area contributed by atoms with E-state index in [0.29, 0.717) is 23.6 Å². The number of hydrazine groups is 1. The van der Waals surface area contributed by atoms with Gasteiger partial charge in [0, 0.05) is 12.0 Å². The zero-order chi connectivity index (χ0) is 21.4. The molecule has 0 unspecified atom stereocenters. The third kappa shape index (κ3) is 4.34. The van der Waals surface area contributed by atoms with Crippen molar-refractivity contribution < 1.29 is 23.9 Å². The number of carbonyl (C=O) groups excluding carboxylic acids is 2. The van der Waals surface area contributed by atoms with Crippen molar-refractivity contribution in [1.82, 2.24) is 10.9 Å². The molecule has 0 atom stereocenters. The van der Waals surface area contributed by atoms with E-state index in [1.807, 2.05) is 18.2 Å². The largest absolute Gasteiger partial charge is 0.454 e. The molecule has 2 N–H and O–H groups in total. The third-order valence-electron chi connectivity index (χ3n) is 7.23. The molecule has 1 aromatic rings. The van der Waals surface area contributed by atoms with Crippen molar-refractivity contribution in [3.8, 4) is 11.5 Å². The molecular weight excluding hydrogens is 398 g/mol. The Morgan fingerprint density at radius 3 is 2.39 bits per heavy atom. The van der Waals surface area contributed by atoms with Gasteiger partial charge in [-0.1, -0.05) is 5.16 Å². The average Bonchev–Trinajstić information content (AvgIpc) is 3.18. The first-order chi connectivity index (χ1) is 15.0. The topological polar surface area (TPSA) is 98.2 Å². The number of fused-ring (bicyclic) bond motifs is 1. The predicted molar refractivity (Wildman–Crippen MR) is 112 cm³/mol. The molecular formula is C23H29N3O5. The van der Waals surface area contributed by atoms with Gasteiger partial charge in [-0.2, -0.15) is 0 Å². The maximum absolute atomic E-state index is 12.5. The highest BCUT2D eigenvalue weighted by Gasteiger charge is 2.51. The van der Waals surface area contributed by atoms with E-state index < -0.39 is 5.91 Å². The lowest BCUT2D eigenvalue weighted by Gasteiger charge is -2.56. The normalized spacial score (nSPS) is 30.2. The molecule has 4 fully saturated rings. The smallest absolute Gasteiger partial charge is 0.279 e. The number of hydrogen-bond donors (Lipinski definition) is 2. The molecule has 1 heterocycles. The summed E-state index contributed by atoms with van der Waals surface area (Å²) in [5, 5.41) is 3.98. The lowest BCUT2D eigenvalue weighted by Crippen LogP contribution is -2.50. The first kappa shape index (κ1) is 20.2. The number of ether oxygens (including phenoxy) is 2. The standard InChI is InChI=1S/C23H29N3O5/c1-14(18-2-3-19-20(7-18)30-13-29-19)26-31-12-22(28)25-24-21(27)11-23-8-15-4-16(9-23)6-17(5-15)10-23/h2-3,7,15-17H,4-6,8-13H2,1H3,(H,24,27)(H,25,28)/b26-14-. The molecule has 5 aliphatic rings. The van der Waals surface area contributed by atoms with Crippen LogP contribution < -0.4 is 20.3 Å². The molecule has 6 rings (SSSR count). The van der Waals surface area contributed by atoms with Gasteiger partial charge < -0.3 is 14.3 Å². The second-order valence-corrected chi connectivity index (χ2v) is 9.71. The molecule has 4 bridgehead atoms. The van der Waals surface area contributed by atoms with Crippen LogP contribution in [0, 0.1) is 23.2 Å². The average molecular weight is 428 g/mol. The van der Waals surface area contributed by atoms with Gasteiger partial charge in [0.2, 0.25) is 12.7 Å². The maximum atomic E-state index is 12.5. The van der Waals surface area contributed by atoms with Gasteiger partial charge in [-0.05, 0) is 86.8 Å². The lowest BCUT2D eigenvalue weighted by atomic mass is 9.49. The summed E-state index contributed by atoms with van der Waals surface area (Å²) in [4.78, 5) is 29.7. The summed E-state index contributed by atoms with van der Waals surface area (Å²) in [6.45, 7) is 1.71. The fraction of sp³-hybridized carbons (Fsp3) is 0.609. The molecule has 0 radical (unpaired) electrons. The van der Waals surface area contributed by atoms with Crippen molar-refractivity contribution in [2.45, 2.75) is 51.9 Å². The Labute approximate surface area is 181 Å². The minimum atomic E-state index is -0.443. The van der Waals surface area contributed by atoms with E-state index in [1.54, 1.807) is 6.92 Å². The SMILES string of the molecule is C/C(=N/OCC(=O)NNC(=O)CC12CC3CC(CC(C3)C1)C2)c1ccc2c(c1)OCO2. The van der Waals surface area contributed by atoms with Crippen molar-refractivity contribution in [1.29, 1.82) is 0 Å². The summed E-state index contributed by atoms with van der Waals surface area (Å²) in [6, 6.07) is 5.47. The van der Waals surface area contributed by atoms with Crippen LogP contribution in [0.1, 0.15) is 57.4 Å². The monoisotopic (exact) mass is 427 g/mol. The van der Waals surface area contributed by atoms with Crippen LogP contribution in [-0.4, -0.2) is 30.9 Å². The van der Waals surface area contributed by atoms with Crippen LogP contribution >= 0.6 is 0 Å². The number of hydrogen-bond acceptors (Lipinski definition) is 6. The van der Waals surface area contributed by atoms with E-state index in [9.17, 15) is 9.59 Å². The zero-order valence-corrected chi connectivity index (χ0v) is 17.8. The zero-order valence-electron chi connectivity index (χ0n) is 17.8. The molecule has 1 aliphatic heterocycles. The molecule has 8 heteroatoms. The summed E-state index contributed by atoms with van der Waals surface area (Å²) >= 11 is 0. The second-order valence-electron chi connectivity index (χ2n) is 9.71. The second kappa shape index (κ2) is 8.05. The molecule has 166 valence electrons. The van der Waals surface area contributed by atoms with E-state index >= 15 is 0 Å². The summed E-state index contributed by atoms with van der Waals surface area (Å²) < 4.78 is 10.6. The van der Waals surface area contributed by atoms with Crippen molar-refractivity contribution in [3.63, 3.8) is 0 Å². The predicted octanol–water partition coefficient (Wildman–Crippen LogP) is 2.91. The number of oxime groups is 1. The molecule has 2 amide bonds. The lowest BCUT2D eigenvalue weighted by molar-refractivity contribution is -0.135. The Morgan fingerprint density at radius 1 is 1.03 bits per heavy atom. The maximum Gasteiger partial charge on any atom is 0.279 e. The molecule has 31 heavy (non-hydrogen) atoms. The molecule has 0 saturated heterocycles. The van der Waals surface area contributed by atoms with Gasteiger partial charge in [-0.3, -0.25) is 20.4 Å². The first-order valence-corrected chi connectivity index (χ1v) is 11.1. The summed E-state index contributed by atoms with van der Waals surface area (Å²) in [6.07, 6.45) is 8.04. The van der Waals surface area contributed by atoms with Gasteiger partial charge >= 0.3 is 0 Å². The van der Waals surface area contributed by atoms with E-state index in [-0.39, 0.29) is 24.7 Å². The van der Waals surface area contributed by atoms with Crippen LogP contribution in [0.4, 0.5) is 0 Å². The van der Waals surface area contributed by atoms with Crippen LogP contribution in [-0.2, 0) is 14.4 Å². The highest BCUT2D eigenvalue weighted by Crippen LogP contribution is 2.61. The van der Waals surface area contributed by atoms with Gasteiger partial charge in [-0.15, -0.1) is 0 Å². The van der Waals surface area contributed by atoms with Crippen LogP contribution in [0.15, 0.2) is 23.4 Å². The van der Waals surface area contributed by atoms with Crippen molar-refractivity contribution in [2.24, 2.45) is 28.3 Å². The van der Waals surface area contributed by atoms with Crippen LogP contribution in [0.2, 0.25) is 0 Å². The number of carbonyl (C=O) groups is 2. The minimum absolute atomic E-state index is 0.115. The number of nitrogens with one attached hydrogen (secondary N) is 2. The van der Waals surface area contributed by atoms with Gasteiger partial charge in [0.25, 0.3) is 5.91 Å². The van der Waals surface area contributed by atoms with E-state index in [4.69, 9.17) is 14.3 Å². The molecule has 1 aromatic carbocycles. The quantitative estimate of drug-likeness (QED) is 0.537. The summed E-state index contributed by atoms with van der Waals surface area (Å²) in [7, 11) is 0. The Balaban J connectivity index is 1.06. The fourth-order valence-corrected chi connectivity index (χ4v) is 6.43. The summed E-state index contributed by atoms with van der Waals surface area (Å²) in [5.41, 5.74) is 6.57. The van der Waals surface area contributed by atoms with Gasteiger partial charge in [0.15, 0.2) is 18.1 Å². The Hall–Kier alpha value is -2.77. The number of rotatable bonds is 6. The highest BCUT2D eigenvalue weighted by atomic mass is 16.7. The molecule has 4 saturated carbocycles. The third-order valence-corrected chi connectivity index (χ3v) is 7.23. The fourth-order valence-electron chi connectivity index (χ4n) is 6.43. The Bertz CT molecular complexity index is 877. The minimum Gasteiger partial charge on any atom is -0.454 e. The highest BCUT2D eigenvalue weighted by molar-refractivity contribution is 5.99. The Kier molecular flexibility index (Phi) is 5.24. The van der Waals surface area contributed by atoms with E-state index in [0.717, 1.165) is 23.3 Å². The molecule has 8 nitrogen and oxygen atoms in total. The van der Waals surface area contributed by atoms with Crippen LogP contribution in [0.3, 0.4) is 0 Å². The number of nitrogens with zero attached hydrogens (tertiary/aromatic N) is 1. The number of benzene rings is 1. The van der Waals surface area contributed by atoms with Gasteiger partial charge in [-0.25, -0.2) is 0 Å². The first-order valence-electron chi connectivity index (χ1n) is 11.1. The van der Waals surface area contributed by atoms with Gasteiger partial charge in [0.05, 0.1) is 5.71 Å². The van der Waals surface area contributed by atoms with Crippen LogP contribution in [0.5, 0.6) is 11.5 Å². The van der Waals surface area contributed by atoms with Crippen molar-refractivity contribution >= 4 is 17.5 Å². The van der Waals surface area contributed by atoms with Crippen LogP contribution in [0.25, 0.3) is 0 Å². The van der Waals surface area contributed by atoms with E-state index in [2.05, 4.69) is 16.0 Å². The number of amides is 2. The molecule has 4 aliphatic carbocycles. The molecule has 0 spiro atoms.